The van der Waals surface area contributed by atoms with Crippen molar-refractivity contribution < 1.29 is 0 Å². The van der Waals surface area contributed by atoms with Crippen molar-refractivity contribution >= 4 is 0 Å². The normalized spacial score (nSPS) is 15.1. The van der Waals surface area contributed by atoms with Crippen molar-refractivity contribution in [3.63, 3.8) is 0 Å². The lowest BCUT2D eigenvalue weighted by Crippen LogP contribution is -2.12. The second-order valence-corrected chi connectivity index (χ2v) is 5.58. The van der Waals surface area contributed by atoms with Crippen LogP contribution in [-0.2, 0) is 6.54 Å². The van der Waals surface area contributed by atoms with Crippen molar-refractivity contribution in [3.8, 4) is 11.1 Å². The molecule has 2 aromatic rings. The van der Waals surface area contributed by atoms with E-state index in [2.05, 4.69) is 47.6 Å². The quantitative estimate of drug-likeness (QED) is 0.880. The fraction of sp³-hybridized carbons (Fsp3) is 0.389. The number of benzene rings is 1. The maximum atomic E-state index is 4.42. The standard InChI is InChI=1S/C18H22N2/c1-2-19-11-14-10-16(13-20-12-14)18-9-4-3-8-17(18)15-6-5-7-15/h3-4,8-10,12-13,15,19H,2,5-7,11H2,1H3. The summed E-state index contributed by atoms with van der Waals surface area (Å²) in [5, 5.41) is 3.36. The van der Waals surface area contributed by atoms with E-state index < -0.39 is 0 Å². The molecule has 1 heterocycles. The van der Waals surface area contributed by atoms with Gasteiger partial charge in [0.2, 0.25) is 0 Å². The Labute approximate surface area is 121 Å². The highest BCUT2D eigenvalue weighted by Crippen LogP contribution is 2.40. The molecule has 0 saturated heterocycles. The van der Waals surface area contributed by atoms with Gasteiger partial charge in [-0.1, -0.05) is 37.6 Å². The largest absolute Gasteiger partial charge is 0.313 e. The molecule has 0 spiro atoms. The van der Waals surface area contributed by atoms with E-state index in [-0.39, 0.29) is 0 Å². The van der Waals surface area contributed by atoms with Crippen LogP contribution >= 0.6 is 0 Å². The summed E-state index contributed by atoms with van der Waals surface area (Å²) in [6.07, 6.45) is 7.99. The summed E-state index contributed by atoms with van der Waals surface area (Å²) in [4.78, 5) is 4.42. The molecule has 2 nitrogen and oxygen atoms in total. The summed E-state index contributed by atoms with van der Waals surface area (Å²) >= 11 is 0. The van der Waals surface area contributed by atoms with E-state index in [9.17, 15) is 0 Å². The van der Waals surface area contributed by atoms with Gasteiger partial charge in [0.15, 0.2) is 0 Å². The van der Waals surface area contributed by atoms with Gasteiger partial charge in [-0.2, -0.15) is 0 Å². The molecule has 0 amide bonds. The molecule has 1 aromatic heterocycles. The molecule has 0 unspecified atom stereocenters. The van der Waals surface area contributed by atoms with E-state index in [0.29, 0.717) is 0 Å². The van der Waals surface area contributed by atoms with Crippen LogP contribution in [0.3, 0.4) is 0 Å². The number of nitrogens with one attached hydrogen (secondary N) is 1. The Morgan fingerprint density at radius 3 is 2.80 bits per heavy atom. The summed E-state index contributed by atoms with van der Waals surface area (Å²) in [5.74, 6) is 0.753. The Morgan fingerprint density at radius 2 is 2.05 bits per heavy atom. The number of hydrogen-bond acceptors (Lipinski definition) is 2. The number of hydrogen-bond donors (Lipinski definition) is 1. The first-order valence-corrected chi connectivity index (χ1v) is 7.62. The minimum Gasteiger partial charge on any atom is -0.313 e. The van der Waals surface area contributed by atoms with Crippen molar-refractivity contribution in [2.24, 2.45) is 0 Å². The molecule has 1 fully saturated rings. The second kappa shape index (κ2) is 6.19. The molecule has 0 atom stereocenters. The number of aromatic nitrogens is 1. The predicted octanol–water partition coefficient (Wildman–Crippen LogP) is 4.13. The molecule has 0 bridgehead atoms. The molecule has 20 heavy (non-hydrogen) atoms. The van der Waals surface area contributed by atoms with Crippen LogP contribution in [0.4, 0.5) is 0 Å². The third kappa shape index (κ3) is 2.75. The highest BCUT2D eigenvalue weighted by molar-refractivity contribution is 5.68. The molecule has 3 rings (SSSR count). The van der Waals surface area contributed by atoms with E-state index in [1.165, 1.54) is 41.5 Å². The fourth-order valence-electron chi connectivity index (χ4n) is 2.84. The zero-order chi connectivity index (χ0) is 13.8. The van der Waals surface area contributed by atoms with Crippen LogP contribution in [0.2, 0.25) is 0 Å². The average Bonchev–Trinajstić information content (AvgIpc) is 2.44. The highest BCUT2D eigenvalue weighted by atomic mass is 14.8. The van der Waals surface area contributed by atoms with Crippen molar-refractivity contribution in [2.45, 2.75) is 38.6 Å². The lowest BCUT2D eigenvalue weighted by molar-refractivity contribution is 0.420. The van der Waals surface area contributed by atoms with Gasteiger partial charge < -0.3 is 5.32 Å². The molecule has 1 aliphatic carbocycles. The molecule has 104 valence electrons. The molecule has 0 radical (unpaired) electrons. The van der Waals surface area contributed by atoms with Crippen molar-refractivity contribution in [1.82, 2.24) is 10.3 Å². The lowest BCUT2D eigenvalue weighted by atomic mass is 9.77. The van der Waals surface area contributed by atoms with Gasteiger partial charge in [-0.3, -0.25) is 4.98 Å². The van der Waals surface area contributed by atoms with E-state index in [4.69, 9.17) is 0 Å². The summed E-state index contributed by atoms with van der Waals surface area (Å²) < 4.78 is 0. The monoisotopic (exact) mass is 266 g/mol. The summed E-state index contributed by atoms with van der Waals surface area (Å²) in [6.45, 7) is 4.01. The Balaban J connectivity index is 1.92. The topological polar surface area (TPSA) is 24.9 Å². The van der Waals surface area contributed by atoms with Crippen molar-refractivity contribution in [1.29, 1.82) is 0 Å². The van der Waals surface area contributed by atoms with Gasteiger partial charge in [-0.05, 0) is 48.1 Å². The molecule has 0 aliphatic heterocycles. The van der Waals surface area contributed by atoms with Crippen LogP contribution in [0.25, 0.3) is 11.1 Å². The van der Waals surface area contributed by atoms with Gasteiger partial charge in [-0.15, -0.1) is 0 Å². The maximum Gasteiger partial charge on any atom is 0.0346 e. The van der Waals surface area contributed by atoms with Gasteiger partial charge in [0, 0.05) is 24.5 Å². The molecule has 1 N–H and O–H groups in total. The number of rotatable bonds is 5. The third-order valence-electron chi connectivity index (χ3n) is 4.19. The molecule has 2 heteroatoms. The van der Waals surface area contributed by atoms with Gasteiger partial charge >= 0.3 is 0 Å². The first-order valence-electron chi connectivity index (χ1n) is 7.62. The Morgan fingerprint density at radius 1 is 1.20 bits per heavy atom. The molecule has 1 aromatic carbocycles. The second-order valence-electron chi connectivity index (χ2n) is 5.58. The van der Waals surface area contributed by atoms with E-state index in [1.807, 2.05) is 12.4 Å². The van der Waals surface area contributed by atoms with Crippen LogP contribution in [0.1, 0.15) is 43.2 Å². The van der Waals surface area contributed by atoms with Gasteiger partial charge in [0.25, 0.3) is 0 Å². The van der Waals surface area contributed by atoms with E-state index in [1.54, 1.807) is 0 Å². The predicted molar refractivity (Wildman–Crippen MR) is 83.6 cm³/mol. The van der Waals surface area contributed by atoms with Crippen LogP contribution in [0.15, 0.2) is 42.7 Å². The molecule has 1 aliphatic rings. The van der Waals surface area contributed by atoms with Gasteiger partial charge in [0.1, 0.15) is 0 Å². The minimum absolute atomic E-state index is 0.753. The third-order valence-corrected chi connectivity index (χ3v) is 4.19. The van der Waals surface area contributed by atoms with Crippen molar-refractivity contribution in [2.75, 3.05) is 6.54 Å². The van der Waals surface area contributed by atoms with Gasteiger partial charge in [-0.25, -0.2) is 0 Å². The van der Waals surface area contributed by atoms with Gasteiger partial charge in [0.05, 0.1) is 0 Å². The van der Waals surface area contributed by atoms with Crippen LogP contribution < -0.4 is 5.32 Å². The lowest BCUT2D eigenvalue weighted by Gasteiger charge is -2.28. The zero-order valence-electron chi connectivity index (χ0n) is 12.1. The number of pyridine rings is 1. The molecule has 1 saturated carbocycles. The Kier molecular flexibility index (Phi) is 4.12. The smallest absolute Gasteiger partial charge is 0.0346 e. The van der Waals surface area contributed by atoms with Crippen molar-refractivity contribution in [3.05, 3.63) is 53.9 Å². The van der Waals surface area contributed by atoms with E-state index >= 15 is 0 Å². The Hall–Kier alpha value is -1.67. The summed E-state index contributed by atoms with van der Waals surface area (Å²) in [5.41, 5.74) is 5.37. The first-order chi connectivity index (χ1) is 9.88. The van der Waals surface area contributed by atoms with E-state index in [0.717, 1.165) is 19.0 Å². The summed E-state index contributed by atoms with van der Waals surface area (Å²) in [7, 11) is 0. The number of nitrogens with zero attached hydrogens (tertiary/aromatic N) is 1. The van der Waals surface area contributed by atoms with Crippen LogP contribution in [0, 0.1) is 0 Å². The highest BCUT2D eigenvalue weighted by Gasteiger charge is 2.22. The summed E-state index contributed by atoms with van der Waals surface area (Å²) in [6, 6.07) is 11.1. The van der Waals surface area contributed by atoms with Crippen LogP contribution in [-0.4, -0.2) is 11.5 Å². The first kappa shape index (κ1) is 13.3. The molecular weight excluding hydrogens is 244 g/mol. The Bertz CT molecular complexity index is 573. The average molecular weight is 266 g/mol. The van der Waals surface area contributed by atoms with Crippen LogP contribution in [0.5, 0.6) is 0 Å². The zero-order valence-corrected chi connectivity index (χ0v) is 12.1. The minimum atomic E-state index is 0.753. The fourth-order valence-corrected chi connectivity index (χ4v) is 2.84. The molecular formula is C18H22N2. The maximum absolute atomic E-state index is 4.42. The SMILES string of the molecule is CCNCc1cncc(-c2ccccc2C2CCC2)c1.